The maximum absolute atomic E-state index is 4.05. The number of nitrogens with zero attached hydrogens (tertiary/aromatic N) is 1. The second kappa shape index (κ2) is 4.97. The van der Waals surface area contributed by atoms with Crippen LogP contribution in [0, 0.1) is 0 Å². The molecule has 6 heavy (non-hydrogen) atoms. The molecule has 3 atom stereocenters. The fraction of sp³-hybridized carbons (Fsp3) is 0. The van der Waals surface area contributed by atoms with Crippen LogP contribution in [0.2, 0.25) is 0 Å². The summed E-state index contributed by atoms with van der Waals surface area (Å²) in [6, 6.07) is 0. The molecular weight excluding hydrogens is 169 g/mol. The van der Waals surface area contributed by atoms with Gasteiger partial charge in [0.2, 0.25) is 0 Å². The van der Waals surface area contributed by atoms with Crippen molar-refractivity contribution >= 4 is 42.3 Å². The molecule has 0 saturated carbocycles. The largest absolute Gasteiger partial charge is 0.233 e. The maximum atomic E-state index is 4.05. The molecule has 0 radical (unpaired) electrons. The van der Waals surface area contributed by atoms with E-state index < -0.39 is 0 Å². The average Bonchev–Trinajstić information content (AvgIpc) is 1.35. The van der Waals surface area contributed by atoms with Crippen LogP contribution in [0.15, 0.2) is 4.52 Å². The van der Waals surface area contributed by atoms with Gasteiger partial charge < -0.3 is 0 Å². The highest BCUT2D eigenvalue weighted by molar-refractivity contribution is 8.43. The zero-order valence-corrected chi connectivity index (χ0v) is 8.33. The van der Waals surface area contributed by atoms with Gasteiger partial charge in [0.15, 0.2) is 0 Å². The van der Waals surface area contributed by atoms with Gasteiger partial charge in [0.05, 0.1) is 7.45 Å². The Bertz CT molecular complexity index is 45.9. The lowest BCUT2D eigenvalue weighted by Crippen LogP contribution is -1.14. The van der Waals surface area contributed by atoms with Crippen LogP contribution in [0.5, 0.6) is 0 Å². The number of rotatable bonds is 1. The van der Waals surface area contributed by atoms with E-state index in [-0.39, 0.29) is 7.45 Å². The Labute approximate surface area is 47.4 Å². The van der Waals surface area contributed by atoms with E-state index in [0.717, 1.165) is 8.06 Å². The normalized spacial score (nSPS) is 11.3. The van der Waals surface area contributed by atoms with Crippen molar-refractivity contribution in [3.8, 4) is 0 Å². The van der Waals surface area contributed by atoms with E-state index in [0.29, 0.717) is 0 Å². The molecule has 0 heterocycles. The van der Waals surface area contributed by atoms with Gasteiger partial charge in [-0.3, -0.25) is 0 Å². The second-order valence-corrected chi connectivity index (χ2v) is 7.95. The highest BCUT2D eigenvalue weighted by atomic mass is 32.4. The van der Waals surface area contributed by atoms with Crippen molar-refractivity contribution in [1.82, 2.24) is 0 Å². The molecule has 0 aromatic heterocycles. The Balaban J connectivity index is 3.03. The topological polar surface area (TPSA) is 12.4 Å². The number of hydrogen-bond acceptors (Lipinski definition) is 1. The summed E-state index contributed by atoms with van der Waals surface area (Å²) in [6.45, 7) is 0. The van der Waals surface area contributed by atoms with Crippen LogP contribution in [-0.4, -0.2) is 0 Å². The molecule has 0 rings (SSSR count). The first-order valence-corrected chi connectivity index (χ1v) is 8.17. The van der Waals surface area contributed by atoms with Crippen molar-refractivity contribution in [2.24, 2.45) is 4.52 Å². The lowest BCUT2D eigenvalue weighted by Gasteiger charge is -1.86. The minimum Gasteiger partial charge on any atom is -0.233 e. The average molecular weight is 175 g/mol. The van der Waals surface area contributed by atoms with Gasteiger partial charge in [-0.15, -0.1) is 0 Å². The predicted molar refractivity (Wildman–Crippen MR) is 45.4 cm³/mol. The molecule has 0 saturated heterocycles. The van der Waals surface area contributed by atoms with Crippen molar-refractivity contribution in [2.75, 3.05) is 0 Å². The van der Waals surface area contributed by atoms with Gasteiger partial charge in [-0.05, 0) is 0 Å². The Morgan fingerprint density at radius 2 is 2.00 bits per heavy atom. The quantitative estimate of drug-likeness (QED) is 0.543. The first-order chi connectivity index (χ1) is 2.77. The monoisotopic (exact) mass is 175 g/mol. The van der Waals surface area contributed by atoms with Crippen LogP contribution in [0.3, 0.4) is 0 Å². The fourth-order valence-corrected chi connectivity index (χ4v) is 4.83. The van der Waals surface area contributed by atoms with E-state index in [4.69, 9.17) is 0 Å². The molecule has 0 aliphatic heterocycles. The van der Waals surface area contributed by atoms with Crippen LogP contribution in [-0.2, 0) is 0 Å². The van der Waals surface area contributed by atoms with Gasteiger partial charge in [0, 0.05) is 8.06 Å². The van der Waals surface area contributed by atoms with Crippen LogP contribution < -0.4 is 0 Å². The van der Waals surface area contributed by atoms with Crippen LogP contribution in [0.4, 0.5) is 0 Å². The molecule has 0 aliphatic carbocycles. The molecule has 0 aliphatic rings. The molecule has 3 unspecified atom stereocenters. The minimum absolute atomic E-state index is 0.175. The summed E-state index contributed by atoms with van der Waals surface area (Å²) in [4.78, 5) is 0. The summed E-state index contributed by atoms with van der Waals surface area (Å²) in [5.74, 6) is 0. The standard InChI is InChI=1S/H6NP5/c2-5-1-6(3)4/h2-4H2. The van der Waals surface area contributed by atoms with Crippen molar-refractivity contribution in [3.05, 3.63) is 0 Å². The molecule has 0 bridgehead atoms. The van der Waals surface area contributed by atoms with E-state index in [9.17, 15) is 0 Å². The first-order valence-electron chi connectivity index (χ1n) is 1.17. The molecule has 36 valence electrons. The molecule has 0 aromatic rings. The lowest BCUT2D eigenvalue weighted by atomic mass is 13.9. The smallest absolute Gasteiger partial charge is 0.0562 e. The summed E-state index contributed by atoms with van der Waals surface area (Å²) >= 11 is 0. The highest BCUT2D eigenvalue weighted by Gasteiger charge is 1.77. The molecule has 1 nitrogen and oxygen atoms in total. The van der Waals surface area contributed by atoms with Crippen LogP contribution in [0.1, 0.15) is 0 Å². The SMILES string of the molecule is P/P=N/P(P)P. The van der Waals surface area contributed by atoms with E-state index in [1.807, 2.05) is 0 Å². The van der Waals surface area contributed by atoms with Gasteiger partial charge >= 0.3 is 0 Å². The van der Waals surface area contributed by atoms with E-state index in [1.165, 1.54) is 0 Å². The van der Waals surface area contributed by atoms with Crippen molar-refractivity contribution < 1.29 is 0 Å². The molecule has 0 amide bonds. The molecule has 0 N–H and O–H groups in total. The van der Waals surface area contributed by atoms with Gasteiger partial charge in [-0.2, -0.15) is 0 Å². The second-order valence-electron chi connectivity index (χ2n) is 0.585. The Morgan fingerprint density at radius 3 is 2.00 bits per heavy atom. The third kappa shape index (κ3) is 5.82. The molecular formula is H6NP5. The predicted octanol–water partition coefficient (Wildman–Crippen LogP) is 2.88. The summed E-state index contributed by atoms with van der Waals surface area (Å²) in [5, 5.41) is 0. The molecule has 6 heteroatoms. The van der Waals surface area contributed by atoms with Crippen molar-refractivity contribution in [3.63, 3.8) is 0 Å². The van der Waals surface area contributed by atoms with Crippen LogP contribution in [0.25, 0.3) is 0 Å². The zero-order valence-electron chi connectivity index (χ0n) is 3.07. The van der Waals surface area contributed by atoms with Gasteiger partial charge in [0.1, 0.15) is 0 Å². The number of hydrogen-bond donors (Lipinski definition) is 0. The van der Waals surface area contributed by atoms with Crippen molar-refractivity contribution in [2.45, 2.75) is 0 Å². The van der Waals surface area contributed by atoms with E-state index >= 15 is 0 Å². The van der Waals surface area contributed by atoms with Crippen LogP contribution >= 0.6 is 42.3 Å². The third-order valence-electron chi connectivity index (χ3n) is 0.155. The fourth-order valence-electron chi connectivity index (χ4n) is 0.0596. The Hall–Kier alpha value is 1.82. The van der Waals surface area contributed by atoms with Crippen molar-refractivity contribution in [1.29, 1.82) is 0 Å². The van der Waals surface area contributed by atoms with Gasteiger partial charge in [-0.25, -0.2) is 4.52 Å². The zero-order chi connectivity index (χ0) is 4.99. The first kappa shape index (κ1) is 7.82. The molecule has 0 spiro atoms. The summed E-state index contributed by atoms with van der Waals surface area (Å²) in [6.07, 6.45) is 0. The molecule has 0 fully saturated rings. The van der Waals surface area contributed by atoms with Gasteiger partial charge in [-0.1, -0.05) is 26.8 Å². The van der Waals surface area contributed by atoms with E-state index in [2.05, 4.69) is 31.3 Å². The highest BCUT2D eigenvalue weighted by Crippen LogP contribution is 2.56. The summed E-state index contributed by atoms with van der Waals surface area (Å²) in [5.41, 5.74) is 0. The van der Waals surface area contributed by atoms with Gasteiger partial charge in [0.25, 0.3) is 0 Å². The lowest BCUT2D eigenvalue weighted by molar-refractivity contribution is 2.09. The Morgan fingerprint density at radius 1 is 1.50 bits per heavy atom. The summed E-state index contributed by atoms with van der Waals surface area (Å²) in [7, 11) is 8.63. The summed E-state index contributed by atoms with van der Waals surface area (Å²) < 4.78 is 4.05. The minimum atomic E-state index is -0.175. The Kier molecular flexibility index (Phi) is 6.47. The molecule has 0 aromatic carbocycles. The maximum Gasteiger partial charge on any atom is 0.0562 e. The van der Waals surface area contributed by atoms with E-state index in [1.54, 1.807) is 0 Å². The third-order valence-corrected chi connectivity index (χ3v) is 4.18.